The van der Waals surface area contributed by atoms with Crippen molar-refractivity contribution in [2.24, 2.45) is 5.73 Å². The van der Waals surface area contributed by atoms with Crippen LogP contribution in [0.25, 0.3) is 0 Å². The summed E-state index contributed by atoms with van der Waals surface area (Å²) in [5.74, 6) is -0.0375. The van der Waals surface area contributed by atoms with Crippen LogP contribution in [0, 0.1) is 0 Å². The molecule has 6 heteroatoms. The van der Waals surface area contributed by atoms with Gasteiger partial charge >= 0.3 is 0 Å². The summed E-state index contributed by atoms with van der Waals surface area (Å²) >= 11 is 1.34. The van der Waals surface area contributed by atoms with Gasteiger partial charge in [0.1, 0.15) is 12.3 Å². The number of hydrogen-bond acceptors (Lipinski definition) is 4. The van der Waals surface area contributed by atoms with E-state index in [1.165, 1.54) is 16.2 Å². The molecule has 0 aliphatic heterocycles. The Morgan fingerprint density at radius 2 is 1.67 bits per heavy atom. The number of nitrogens with zero attached hydrogens (tertiary/aromatic N) is 1. The molecule has 5 nitrogen and oxygen atoms in total. The lowest BCUT2D eigenvalue weighted by Gasteiger charge is -2.20. The van der Waals surface area contributed by atoms with Crippen molar-refractivity contribution >= 4 is 23.2 Å². The van der Waals surface area contributed by atoms with E-state index < -0.39 is 5.91 Å². The number of benzene rings is 2. The lowest BCUT2D eigenvalue weighted by Crippen LogP contribution is -2.37. The van der Waals surface area contributed by atoms with Gasteiger partial charge in [0.15, 0.2) is 0 Å². The number of carbonyl (C=O) groups is 2. The SMILES string of the molecule is COc1cccc(CN(CC(N)=O)C(=O)c2cccs2)c1.c1ccccc1. The molecule has 0 bridgehead atoms. The third-order valence-electron chi connectivity index (χ3n) is 3.54. The van der Waals surface area contributed by atoms with Crippen LogP contribution in [0.3, 0.4) is 0 Å². The minimum absolute atomic E-state index is 0.117. The van der Waals surface area contributed by atoms with E-state index in [2.05, 4.69) is 0 Å². The normalized spacial score (nSPS) is 9.67. The van der Waals surface area contributed by atoms with E-state index in [1.807, 2.05) is 66.0 Å². The van der Waals surface area contributed by atoms with Crippen LogP contribution in [0.2, 0.25) is 0 Å². The van der Waals surface area contributed by atoms with Crippen molar-refractivity contribution in [3.8, 4) is 5.75 Å². The van der Waals surface area contributed by atoms with Gasteiger partial charge in [-0.25, -0.2) is 0 Å². The van der Waals surface area contributed by atoms with Crippen LogP contribution >= 0.6 is 11.3 Å². The van der Waals surface area contributed by atoms with Crippen molar-refractivity contribution in [1.82, 2.24) is 4.90 Å². The lowest BCUT2D eigenvalue weighted by atomic mass is 10.2. The summed E-state index contributed by atoms with van der Waals surface area (Å²) in [5.41, 5.74) is 6.12. The third kappa shape index (κ3) is 6.95. The molecule has 0 aliphatic carbocycles. The standard InChI is InChI=1S/C15H16N2O3S.C6H6/c1-20-12-5-2-4-11(8-12)9-17(10-14(16)18)15(19)13-6-3-7-21-13;1-2-4-6-5-3-1/h2-8H,9-10H2,1H3,(H2,16,18);1-6H. The van der Waals surface area contributed by atoms with Gasteiger partial charge < -0.3 is 15.4 Å². The van der Waals surface area contributed by atoms with E-state index in [4.69, 9.17) is 10.5 Å². The molecule has 1 heterocycles. The van der Waals surface area contributed by atoms with Crippen molar-refractivity contribution in [3.05, 3.63) is 88.6 Å². The molecule has 27 heavy (non-hydrogen) atoms. The Labute approximate surface area is 163 Å². The Morgan fingerprint density at radius 3 is 2.19 bits per heavy atom. The molecule has 0 aliphatic rings. The maximum absolute atomic E-state index is 12.4. The van der Waals surface area contributed by atoms with Gasteiger partial charge in [-0.3, -0.25) is 9.59 Å². The largest absolute Gasteiger partial charge is 0.497 e. The summed E-state index contributed by atoms with van der Waals surface area (Å²) in [6.07, 6.45) is 0. The monoisotopic (exact) mass is 382 g/mol. The molecule has 0 saturated carbocycles. The summed E-state index contributed by atoms with van der Waals surface area (Å²) in [5, 5.41) is 1.82. The molecule has 0 atom stereocenters. The van der Waals surface area contributed by atoms with Gasteiger partial charge in [0.05, 0.1) is 12.0 Å². The van der Waals surface area contributed by atoms with Crippen LogP contribution in [0.15, 0.2) is 78.2 Å². The molecule has 3 aromatic rings. The van der Waals surface area contributed by atoms with Crippen molar-refractivity contribution in [3.63, 3.8) is 0 Å². The quantitative estimate of drug-likeness (QED) is 0.708. The second-order valence-electron chi connectivity index (χ2n) is 5.61. The molecule has 0 saturated heterocycles. The fraction of sp³-hybridized carbons (Fsp3) is 0.143. The van der Waals surface area contributed by atoms with Crippen molar-refractivity contribution < 1.29 is 14.3 Å². The molecule has 0 spiro atoms. The van der Waals surface area contributed by atoms with Crippen LogP contribution in [0.4, 0.5) is 0 Å². The number of ether oxygens (including phenoxy) is 1. The Bertz CT molecular complexity index is 809. The minimum atomic E-state index is -0.539. The Morgan fingerprint density at radius 1 is 1.00 bits per heavy atom. The number of primary amides is 1. The van der Waals surface area contributed by atoms with E-state index in [0.29, 0.717) is 17.2 Å². The molecule has 0 unspecified atom stereocenters. The van der Waals surface area contributed by atoms with Gasteiger partial charge in [0.25, 0.3) is 5.91 Å². The number of hydrogen-bond donors (Lipinski definition) is 1. The predicted octanol–water partition coefficient (Wildman–Crippen LogP) is 3.57. The zero-order chi connectivity index (χ0) is 19.5. The van der Waals surface area contributed by atoms with Crippen LogP contribution in [-0.2, 0) is 11.3 Å². The van der Waals surface area contributed by atoms with Crippen molar-refractivity contribution in [2.45, 2.75) is 6.54 Å². The summed E-state index contributed by atoms with van der Waals surface area (Å²) in [6, 6.07) is 22.9. The molecular weight excluding hydrogens is 360 g/mol. The van der Waals surface area contributed by atoms with Gasteiger partial charge in [-0.15, -0.1) is 11.3 Å². The molecule has 3 rings (SSSR count). The summed E-state index contributed by atoms with van der Waals surface area (Å²) in [4.78, 5) is 25.6. The maximum atomic E-state index is 12.4. The molecule has 2 N–H and O–H groups in total. The van der Waals surface area contributed by atoms with Crippen LogP contribution in [0.1, 0.15) is 15.2 Å². The molecule has 0 fully saturated rings. The van der Waals surface area contributed by atoms with E-state index >= 15 is 0 Å². The second kappa shape index (κ2) is 10.8. The Hall–Kier alpha value is -3.12. The van der Waals surface area contributed by atoms with E-state index in [0.717, 1.165) is 5.56 Å². The van der Waals surface area contributed by atoms with Crippen LogP contribution in [-0.4, -0.2) is 30.4 Å². The molecule has 2 aromatic carbocycles. The summed E-state index contributed by atoms with van der Waals surface area (Å²) in [6.45, 7) is 0.185. The average molecular weight is 382 g/mol. The first kappa shape index (κ1) is 20.2. The molecule has 0 radical (unpaired) electrons. The molecule has 2 amide bonds. The Balaban J connectivity index is 0.000000369. The van der Waals surface area contributed by atoms with E-state index in [1.54, 1.807) is 19.2 Å². The van der Waals surface area contributed by atoms with E-state index in [-0.39, 0.29) is 12.5 Å². The van der Waals surface area contributed by atoms with Gasteiger partial charge in [0.2, 0.25) is 5.91 Å². The number of methoxy groups -OCH3 is 1. The molecular formula is C21H22N2O3S. The van der Waals surface area contributed by atoms with Crippen molar-refractivity contribution in [2.75, 3.05) is 13.7 Å². The Kier molecular flexibility index (Phi) is 8.06. The van der Waals surface area contributed by atoms with Crippen LogP contribution in [0.5, 0.6) is 5.75 Å². The first-order chi connectivity index (χ1) is 13.1. The van der Waals surface area contributed by atoms with Gasteiger partial charge in [-0.05, 0) is 29.1 Å². The van der Waals surface area contributed by atoms with Gasteiger partial charge in [0, 0.05) is 6.54 Å². The number of amides is 2. The number of nitrogens with two attached hydrogens (primary N) is 1. The smallest absolute Gasteiger partial charge is 0.264 e. The minimum Gasteiger partial charge on any atom is -0.497 e. The predicted molar refractivity (Wildman–Crippen MR) is 108 cm³/mol. The van der Waals surface area contributed by atoms with E-state index in [9.17, 15) is 9.59 Å². The fourth-order valence-electron chi connectivity index (χ4n) is 2.32. The van der Waals surface area contributed by atoms with Gasteiger partial charge in [-0.2, -0.15) is 0 Å². The number of thiophene rings is 1. The molecule has 140 valence electrons. The maximum Gasteiger partial charge on any atom is 0.264 e. The zero-order valence-corrected chi connectivity index (χ0v) is 15.9. The highest BCUT2D eigenvalue weighted by Crippen LogP contribution is 2.17. The number of carbonyl (C=O) groups excluding carboxylic acids is 2. The number of rotatable bonds is 6. The molecule has 1 aromatic heterocycles. The second-order valence-corrected chi connectivity index (χ2v) is 6.56. The highest BCUT2D eigenvalue weighted by atomic mass is 32.1. The topological polar surface area (TPSA) is 72.6 Å². The van der Waals surface area contributed by atoms with Crippen LogP contribution < -0.4 is 10.5 Å². The first-order valence-corrected chi connectivity index (χ1v) is 9.22. The summed E-state index contributed by atoms with van der Waals surface area (Å²) in [7, 11) is 1.58. The fourth-order valence-corrected chi connectivity index (χ4v) is 3.01. The lowest BCUT2D eigenvalue weighted by molar-refractivity contribution is -0.118. The highest BCUT2D eigenvalue weighted by Gasteiger charge is 2.19. The highest BCUT2D eigenvalue weighted by molar-refractivity contribution is 7.12. The summed E-state index contributed by atoms with van der Waals surface area (Å²) < 4.78 is 5.16. The van der Waals surface area contributed by atoms with Crippen molar-refractivity contribution in [1.29, 1.82) is 0 Å². The average Bonchev–Trinajstić information content (AvgIpc) is 3.23. The zero-order valence-electron chi connectivity index (χ0n) is 15.1. The third-order valence-corrected chi connectivity index (χ3v) is 4.40. The first-order valence-electron chi connectivity index (χ1n) is 8.34. The van der Waals surface area contributed by atoms with Gasteiger partial charge in [-0.1, -0.05) is 54.6 Å².